The maximum Gasteiger partial charge on any atom is 0.338 e. The monoisotopic (exact) mass is 310 g/mol. The van der Waals surface area contributed by atoms with E-state index in [4.69, 9.17) is 9.47 Å². The Balaban J connectivity index is 1.48. The van der Waals surface area contributed by atoms with E-state index in [-0.39, 0.29) is 18.2 Å². The van der Waals surface area contributed by atoms with E-state index in [0.717, 1.165) is 25.7 Å². The second kappa shape index (κ2) is 7.93. The van der Waals surface area contributed by atoms with E-state index in [2.05, 4.69) is 24.3 Å². The van der Waals surface area contributed by atoms with Crippen molar-refractivity contribution < 1.29 is 14.3 Å². The van der Waals surface area contributed by atoms with Crippen molar-refractivity contribution in [3.05, 3.63) is 71.8 Å². The summed E-state index contributed by atoms with van der Waals surface area (Å²) in [6, 6.07) is 19.5. The summed E-state index contributed by atoms with van der Waals surface area (Å²) >= 11 is 0. The van der Waals surface area contributed by atoms with Crippen LogP contribution >= 0.6 is 0 Å². The molecular formula is C20H22O3. The van der Waals surface area contributed by atoms with Gasteiger partial charge in [0.25, 0.3) is 0 Å². The summed E-state index contributed by atoms with van der Waals surface area (Å²) in [5.74, 6) is -0.278. The van der Waals surface area contributed by atoms with Crippen molar-refractivity contribution in [2.45, 2.75) is 37.9 Å². The standard InChI is InChI=1S/C20H22O3/c21-20(17-10-5-2-6-11-17)22-15-19-13-7-12-18(23-19)14-16-8-3-1-4-9-16/h1-6,8-11,18-19H,7,12-15H2/t18-,19+/m1/s1. The average molecular weight is 310 g/mol. The molecule has 3 heteroatoms. The Hall–Kier alpha value is -2.13. The molecule has 3 nitrogen and oxygen atoms in total. The summed E-state index contributed by atoms with van der Waals surface area (Å²) in [5, 5.41) is 0. The Bertz CT molecular complexity index is 609. The van der Waals surface area contributed by atoms with Gasteiger partial charge in [0.15, 0.2) is 0 Å². The Morgan fingerprint density at radius 3 is 2.35 bits per heavy atom. The van der Waals surface area contributed by atoms with Gasteiger partial charge in [0, 0.05) is 0 Å². The van der Waals surface area contributed by atoms with Crippen LogP contribution in [0, 0.1) is 0 Å². The molecule has 23 heavy (non-hydrogen) atoms. The molecule has 2 aromatic rings. The fraction of sp³-hybridized carbons (Fsp3) is 0.350. The van der Waals surface area contributed by atoms with E-state index in [1.165, 1.54) is 5.56 Å². The average Bonchev–Trinajstić information content (AvgIpc) is 2.62. The smallest absolute Gasteiger partial charge is 0.338 e. The molecule has 1 aliphatic heterocycles. The van der Waals surface area contributed by atoms with Gasteiger partial charge in [0.05, 0.1) is 17.8 Å². The summed E-state index contributed by atoms with van der Waals surface area (Å²) in [4.78, 5) is 12.0. The molecule has 3 rings (SSSR count). The lowest BCUT2D eigenvalue weighted by Crippen LogP contribution is -2.33. The number of benzene rings is 2. The van der Waals surface area contributed by atoms with Crippen molar-refractivity contribution in [3.63, 3.8) is 0 Å². The molecule has 1 heterocycles. The molecule has 0 bridgehead atoms. The number of esters is 1. The van der Waals surface area contributed by atoms with Gasteiger partial charge in [-0.2, -0.15) is 0 Å². The highest BCUT2D eigenvalue weighted by Gasteiger charge is 2.24. The number of carbonyl (C=O) groups excluding carboxylic acids is 1. The third-order valence-electron chi connectivity index (χ3n) is 4.15. The van der Waals surface area contributed by atoms with Crippen LogP contribution in [-0.4, -0.2) is 24.8 Å². The van der Waals surface area contributed by atoms with Crippen LogP contribution in [0.1, 0.15) is 35.2 Å². The van der Waals surface area contributed by atoms with Crippen LogP contribution < -0.4 is 0 Å². The largest absolute Gasteiger partial charge is 0.459 e. The van der Waals surface area contributed by atoms with Crippen LogP contribution in [0.5, 0.6) is 0 Å². The summed E-state index contributed by atoms with van der Waals surface area (Å²) in [6.45, 7) is 0.332. The first-order valence-corrected chi connectivity index (χ1v) is 8.23. The van der Waals surface area contributed by atoms with Gasteiger partial charge >= 0.3 is 5.97 Å². The van der Waals surface area contributed by atoms with Crippen molar-refractivity contribution in [1.29, 1.82) is 0 Å². The first kappa shape index (κ1) is 15.8. The van der Waals surface area contributed by atoms with Gasteiger partial charge in [0.1, 0.15) is 6.61 Å². The van der Waals surface area contributed by atoms with Crippen molar-refractivity contribution in [2.24, 2.45) is 0 Å². The first-order valence-electron chi connectivity index (χ1n) is 8.23. The number of rotatable bonds is 5. The molecule has 0 unspecified atom stereocenters. The maximum atomic E-state index is 12.0. The number of hydrogen-bond acceptors (Lipinski definition) is 3. The van der Waals surface area contributed by atoms with Gasteiger partial charge in [-0.05, 0) is 43.4 Å². The Morgan fingerprint density at radius 1 is 0.957 bits per heavy atom. The zero-order valence-electron chi connectivity index (χ0n) is 13.2. The second-order valence-electron chi connectivity index (χ2n) is 5.97. The highest BCUT2D eigenvalue weighted by molar-refractivity contribution is 5.89. The molecule has 120 valence electrons. The van der Waals surface area contributed by atoms with Crippen molar-refractivity contribution in [1.82, 2.24) is 0 Å². The van der Waals surface area contributed by atoms with E-state index >= 15 is 0 Å². The molecule has 0 N–H and O–H groups in total. The Morgan fingerprint density at radius 2 is 1.61 bits per heavy atom. The fourth-order valence-corrected chi connectivity index (χ4v) is 2.96. The van der Waals surface area contributed by atoms with E-state index in [9.17, 15) is 4.79 Å². The van der Waals surface area contributed by atoms with Gasteiger partial charge in [-0.25, -0.2) is 4.79 Å². The molecular weight excluding hydrogens is 288 g/mol. The lowest BCUT2D eigenvalue weighted by molar-refractivity contribution is -0.0757. The lowest BCUT2D eigenvalue weighted by Gasteiger charge is -2.30. The SMILES string of the molecule is O=C(OC[C@@H]1CCC[C@H](Cc2ccccc2)O1)c1ccccc1. The summed E-state index contributed by atoms with van der Waals surface area (Å²) in [6.07, 6.45) is 4.28. The van der Waals surface area contributed by atoms with Crippen LogP contribution in [0.2, 0.25) is 0 Å². The van der Waals surface area contributed by atoms with E-state index < -0.39 is 0 Å². The Kier molecular flexibility index (Phi) is 5.43. The molecule has 0 spiro atoms. The van der Waals surface area contributed by atoms with Crippen molar-refractivity contribution >= 4 is 5.97 Å². The zero-order chi connectivity index (χ0) is 15.9. The highest BCUT2D eigenvalue weighted by atomic mass is 16.6. The molecule has 0 radical (unpaired) electrons. The quantitative estimate of drug-likeness (QED) is 0.782. The minimum Gasteiger partial charge on any atom is -0.459 e. The van der Waals surface area contributed by atoms with E-state index in [0.29, 0.717) is 12.2 Å². The van der Waals surface area contributed by atoms with Crippen molar-refractivity contribution in [3.8, 4) is 0 Å². The van der Waals surface area contributed by atoms with E-state index in [1.54, 1.807) is 12.1 Å². The molecule has 0 aromatic heterocycles. The predicted molar refractivity (Wildman–Crippen MR) is 89.4 cm³/mol. The normalized spacial score (nSPS) is 20.9. The molecule has 0 aliphatic carbocycles. The minimum absolute atomic E-state index is 0.00474. The minimum atomic E-state index is -0.278. The molecule has 0 amide bonds. The molecule has 1 saturated heterocycles. The predicted octanol–water partition coefficient (Wildman–Crippen LogP) is 4.02. The van der Waals surface area contributed by atoms with E-state index in [1.807, 2.05) is 24.3 Å². The molecule has 1 fully saturated rings. The van der Waals surface area contributed by atoms with Crippen LogP contribution in [0.4, 0.5) is 0 Å². The highest BCUT2D eigenvalue weighted by Crippen LogP contribution is 2.22. The number of carbonyl (C=O) groups is 1. The zero-order valence-corrected chi connectivity index (χ0v) is 13.2. The lowest BCUT2D eigenvalue weighted by atomic mass is 9.99. The Labute approximate surface area is 137 Å². The molecule has 1 aliphatic rings. The third-order valence-corrected chi connectivity index (χ3v) is 4.15. The summed E-state index contributed by atoms with van der Waals surface area (Å²) < 4.78 is 11.5. The summed E-state index contributed by atoms with van der Waals surface area (Å²) in [5.41, 5.74) is 1.88. The van der Waals surface area contributed by atoms with Gasteiger partial charge in [0.2, 0.25) is 0 Å². The number of ether oxygens (including phenoxy) is 2. The van der Waals surface area contributed by atoms with Crippen LogP contribution in [0.25, 0.3) is 0 Å². The van der Waals surface area contributed by atoms with Gasteiger partial charge in [-0.1, -0.05) is 48.5 Å². The van der Waals surface area contributed by atoms with Crippen LogP contribution in [0.15, 0.2) is 60.7 Å². The van der Waals surface area contributed by atoms with Crippen molar-refractivity contribution in [2.75, 3.05) is 6.61 Å². The molecule has 2 aromatic carbocycles. The van der Waals surface area contributed by atoms with Gasteiger partial charge in [-0.3, -0.25) is 0 Å². The number of hydrogen-bond donors (Lipinski definition) is 0. The van der Waals surface area contributed by atoms with Crippen LogP contribution in [0.3, 0.4) is 0 Å². The second-order valence-corrected chi connectivity index (χ2v) is 5.97. The maximum absolute atomic E-state index is 12.0. The molecule has 0 saturated carbocycles. The van der Waals surface area contributed by atoms with Crippen LogP contribution in [-0.2, 0) is 15.9 Å². The summed E-state index contributed by atoms with van der Waals surface area (Å²) in [7, 11) is 0. The van der Waals surface area contributed by atoms with Gasteiger partial charge < -0.3 is 9.47 Å². The molecule has 2 atom stereocenters. The third kappa shape index (κ3) is 4.67. The first-order chi connectivity index (χ1) is 11.3. The van der Waals surface area contributed by atoms with Gasteiger partial charge in [-0.15, -0.1) is 0 Å². The fourth-order valence-electron chi connectivity index (χ4n) is 2.96. The topological polar surface area (TPSA) is 35.5 Å².